The van der Waals surface area contributed by atoms with Gasteiger partial charge >= 0.3 is 0 Å². The van der Waals surface area contributed by atoms with Crippen molar-refractivity contribution in [2.24, 2.45) is 0 Å². The summed E-state index contributed by atoms with van der Waals surface area (Å²) in [6, 6.07) is 15.5. The standard InChI is InChI=1S/C27H41/c1-2-3-4-5-6-7-8-9-10-11-12-13-14-15-16-20-25-22-19-23-26-21-17-18-24-27(25)26/h17-19,21-24H,1-16,20H2. The fourth-order valence-electron chi connectivity index (χ4n) is 4.12. The van der Waals surface area contributed by atoms with E-state index >= 15 is 0 Å². The molecule has 0 bridgehead atoms. The van der Waals surface area contributed by atoms with Crippen LogP contribution in [-0.2, 0) is 6.42 Å². The van der Waals surface area contributed by atoms with Gasteiger partial charge in [0.05, 0.1) is 0 Å². The van der Waals surface area contributed by atoms with Crippen LogP contribution in [-0.4, -0.2) is 0 Å². The number of hydrogen-bond acceptors (Lipinski definition) is 0. The SMILES string of the molecule is [CH2]CCCCCCCCCCCCCCCCc1cccc2ccccc12. The fourth-order valence-corrected chi connectivity index (χ4v) is 4.12. The van der Waals surface area contributed by atoms with Gasteiger partial charge in [-0.2, -0.15) is 0 Å². The maximum Gasteiger partial charge on any atom is -0.0152 e. The third kappa shape index (κ3) is 9.45. The minimum Gasteiger partial charge on any atom is -0.0616 e. The van der Waals surface area contributed by atoms with Gasteiger partial charge in [0, 0.05) is 0 Å². The number of rotatable bonds is 16. The Morgan fingerprint density at radius 3 is 1.56 bits per heavy atom. The molecular weight excluding hydrogens is 324 g/mol. The summed E-state index contributed by atoms with van der Waals surface area (Å²) in [4.78, 5) is 0. The summed E-state index contributed by atoms with van der Waals surface area (Å²) in [5, 5.41) is 2.83. The molecule has 149 valence electrons. The van der Waals surface area contributed by atoms with Crippen molar-refractivity contribution in [2.45, 2.75) is 103 Å². The molecule has 0 atom stereocenters. The second kappa shape index (κ2) is 14.7. The van der Waals surface area contributed by atoms with E-state index in [2.05, 4.69) is 49.4 Å². The fraction of sp³-hybridized carbons (Fsp3) is 0.593. The molecule has 0 aromatic heterocycles. The van der Waals surface area contributed by atoms with Crippen molar-refractivity contribution >= 4 is 10.8 Å². The number of aryl methyl sites for hydroxylation is 1. The Morgan fingerprint density at radius 1 is 0.481 bits per heavy atom. The topological polar surface area (TPSA) is 0 Å². The molecule has 1 radical (unpaired) electrons. The van der Waals surface area contributed by atoms with E-state index < -0.39 is 0 Å². The lowest BCUT2D eigenvalue weighted by atomic mass is 9.99. The third-order valence-electron chi connectivity index (χ3n) is 5.83. The minimum atomic E-state index is 1.11. The molecule has 0 N–H and O–H groups in total. The van der Waals surface area contributed by atoms with Crippen molar-refractivity contribution in [3.8, 4) is 0 Å². The third-order valence-corrected chi connectivity index (χ3v) is 5.83. The normalized spacial score (nSPS) is 11.3. The molecule has 0 unspecified atom stereocenters. The first-order chi connectivity index (χ1) is 13.4. The first kappa shape index (κ1) is 22.0. The first-order valence-electron chi connectivity index (χ1n) is 11.7. The predicted molar refractivity (Wildman–Crippen MR) is 122 cm³/mol. The smallest absolute Gasteiger partial charge is 0.0152 e. The molecular formula is C27H41. The van der Waals surface area contributed by atoms with Crippen molar-refractivity contribution in [1.29, 1.82) is 0 Å². The highest BCUT2D eigenvalue weighted by Crippen LogP contribution is 2.21. The molecule has 0 aliphatic carbocycles. The largest absolute Gasteiger partial charge is 0.0616 e. The van der Waals surface area contributed by atoms with E-state index in [0.29, 0.717) is 0 Å². The maximum absolute atomic E-state index is 3.91. The van der Waals surface area contributed by atoms with Crippen molar-refractivity contribution in [3.05, 3.63) is 55.0 Å². The Balaban J connectivity index is 1.40. The Kier molecular flexibility index (Phi) is 12.0. The van der Waals surface area contributed by atoms with Crippen LogP contribution in [0.25, 0.3) is 10.8 Å². The Hall–Kier alpha value is -1.30. The monoisotopic (exact) mass is 365 g/mol. The van der Waals surface area contributed by atoms with Gasteiger partial charge in [0.2, 0.25) is 0 Å². The molecule has 2 aromatic carbocycles. The van der Waals surface area contributed by atoms with Gasteiger partial charge in [-0.1, -0.05) is 139 Å². The van der Waals surface area contributed by atoms with Gasteiger partial charge in [0.25, 0.3) is 0 Å². The summed E-state index contributed by atoms with van der Waals surface area (Å²) in [5.74, 6) is 0. The van der Waals surface area contributed by atoms with Crippen LogP contribution in [0.4, 0.5) is 0 Å². The van der Waals surface area contributed by atoms with E-state index in [9.17, 15) is 0 Å². The van der Waals surface area contributed by atoms with Crippen molar-refractivity contribution in [3.63, 3.8) is 0 Å². The minimum absolute atomic E-state index is 1.11. The molecule has 0 heterocycles. The maximum atomic E-state index is 3.91. The summed E-state index contributed by atoms with van der Waals surface area (Å²) in [6.45, 7) is 3.91. The second-order valence-corrected chi connectivity index (χ2v) is 8.19. The van der Waals surface area contributed by atoms with Crippen LogP contribution in [0.2, 0.25) is 0 Å². The summed E-state index contributed by atoms with van der Waals surface area (Å²) in [5.41, 5.74) is 1.53. The molecule has 0 heteroatoms. The van der Waals surface area contributed by atoms with Gasteiger partial charge in [-0.05, 0) is 29.2 Å². The van der Waals surface area contributed by atoms with Gasteiger partial charge in [0.15, 0.2) is 0 Å². The van der Waals surface area contributed by atoms with Gasteiger partial charge in [-0.3, -0.25) is 0 Å². The quantitative estimate of drug-likeness (QED) is 0.260. The highest BCUT2D eigenvalue weighted by Gasteiger charge is 2.00. The van der Waals surface area contributed by atoms with Gasteiger partial charge in [0.1, 0.15) is 0 Å². The van der Waals surface area contributed by atoms with E-state index in [4.69, 9.17) is 0 Å². The highest BCUT2D eigenvalue weighted by atomic mass is 14.1. The number of hydrogen-bond donors (Lipinski definition) is 0. The molecule has 0 spiro atoms. The van der Waals surface area contributed by atoms with Crippen LogP contribution >= 0.6 is 0 Å². The predicted octanol–water partition coefficient (Wildman–Crippen LogP) is 9.07. The zero-order valence-electron chi connectivity index (χ0n) is 17.6. The molecule has 0 saturated carbocycles. The van der Waals surface area contributed by atoms with Gasteiger partial charge < -0.3 is 0 Å². The first-order valence-corrected chi connectivity index (χ1v) is 11.7. The van der Waals surface area contributed by atoms with Gasteiger partial charge in [-0.25, -0.2) is 0 Å². The molecule has 0 saturated heterocycles. The molecule has 0 aliphatic heterocycles. The summed E-state index contributed by atoms with van der Waals surface area (Å²) in [6.07, 6.45) is 22.2. The van der Waals surface area contributed by atoms with Crippen LogP contribution in [0.3, 0.4) is 0 Å². The highest BCUT2D eigenvalue weighted by molar-refractivity contribution is 5.85. The lowest BCUT2D eigenvalue weighted by Crippen LogP contribution is -1.88. The van der Waals surface area contributed by atoms with E-state index in [1.807, 2.05) is 0 Å². The molecule has 27 heavy (non-hydrogen) atoms. The molecule has 0 aliphatic rings. The van der Waals surface area contributed by atoms with E-state index in [-0.39, 0.29) is 0 Å². The lowest BCUT2D eigenvalue weighted by molar-refractivity contribution is 0.533. The molecule has 0 fully saturated rings. The average Bonchev–Trinajstić information content (AvgIpc) is 2.71. The second-order valence-electron chi connectivity index (χ2n) is 8.19. The lowest BCUT2D eigenvalue weighted by Gasteiger charge is -2.07. The van der Waals surface area contributed by atoms with Crippen LogP contribution < -0.4 is 0 Å². The molecule has 0 amide bonds. The van der Waals surface area contributed by atoms with E-state index in [1.165, 1.54) is 113 Å². The zero-order chi connectivity index (χ0) is 19.0. The number of benzene rings is 2. The van der Waals surface area contributed by atoms with Gasteiger partial charge in [-0.15, -0.1) is 0 Å². The number of fused-ring (bicyclic) bond motifs is 1. The van der Waals surface area contributed by atoms with Crippen LogP contribution in [0.1, 0.15) is 102 Å². The molecule has 2 rings (SSSR count). The average molecular weight is 366 g/mol. The van der Waals surface area contributed by atoms with Crippen molar-refractivity contribution < 1.29 is 0 Å². The zero-order valence-corrected chi connectivity index (χ0v) is 17.6. The summed E-state index contributed by atoms with van der Waals surface area (Å²) < 4.78 is 0. The number of unbranched alkanes of at least 4 members (excludes halogenated alkanes) is 14. The van der Waals surface area contributed by atoms with Crippen LogP contribution in [0.15, 0.2) is 42.5 Å². The molecule has 2 aromatic rings. The summed E-state index contributed by atoms with van der Waals surface area (Å²) >= 11 is 0. The Labute approximate surface area is 168 Å². The summed E-state index contributed by atoms with van der Waals surface area (Å²) in [7, 11) is 0. The van der Waals surface area contributed by atoms with Crippen molar-refractivity contribution in [2.75, 3.05) is 0 Å². The van der Waals surface area contributed by atoms with Crippen molar-refractivity contribution in [1.82, 2.24) is 0 Å². The Bertz CT molecular complexity index is 593. The molecule has 0 nitrogen and oxygen atoms in total. The van der Waals surface area contributed by atoms with Crippen LogP contribution in [0.5, 0.6) is 0 Å². The Morgan fingerprint density at radius 2 is 0.963 bits per heavy atom. The van der Waals surface area contributed by atoms with E-state index in [1.54, 1.807) is 0 Å². The van der Waals surface area contributed by atoms with E-state index in [0.717, 1.165) is 6.42 Å². The van der Waals surface area contributed by atoms with Crippen LogP contribution in [0, 0.1) is 6.92 Å².